The molecule has 16 heavy (non-hydrogen) atoms. The molecule has 2 aromatic carbocycles. The molecule has 0 aliphatic heterocycles. The number of carbonyl (C=O) groups excluding carboxylic acids is 1. The number of fused-ring (bicyclic) bond motifs is 1. The van der Waals surface area contributed by atoms with Crippen LogP contribution in [0.25, 0.3) is 16.3 Å². The summed E-state index contributed by atoms with van der Waals surface area (Å²) in [5.41, 5.74) is 9.41. The topological polar surface area (TPSA) is 53.5 Å². The number of hydrogen-bond acceptors (Lipinski definition) is 1. The number of rotatable bonds is 2. The largest absolute Gasteiger partial charge is 0.362 e. The Kier molecular flexibility index (Phi) is 2.95. The Labute approximate surface area is 100 Å². The van der Waals surface area contributed by atoms with Crippen molar-refractivity contribution in [2.75, 3.05) is 0 Å². The molecule has 0 spiro atoms. The second-order valence-corrected chi connectivity index (χ2v) is 4.10. The summed E-state index contributed by atoms with van der Waals surface area (Å²) in [6.45, 7) is 0. The minimum atomic E-state index is 0.0312. The molecule has 0 aliphatic carbocycles. The van der Waals surface area contributed by atoms with Crippen molar-refractivity contribution < 1.29 is 9.58 Å². The minimum absolute atomic E-state index is 0.0312. The van der Waals surface area contributed by atoms with E-state index < -0.39 is 0 Å². The van der Waals surface area contributed by atoms with Crippen molar-refractivity contribution in [3.8, 4) is 0 Å². The van der Waals surface area contributed by atoms with Crippen LogP contribution in [-0.2, 0) is 4.79 Å². The molecule has 0 aromatic heterocycles. The molecule has 0 saturated heterocycles. The predicted molar refractivity (Wildman–Crippen MR) is 65.4 cm³/mol. The highest BCUT2D eigenvalue weighted by Crippen LogP contribution is 2.26. The molecular weight excluding hydrogens is 268 g/mol. The van der Waals surface area contributed by atoms with E-state index in [1.807, 2.05) is 30.3 Å². The first-order valence-corrected chi connectivity index (χ1v) is 5.42. The van der Waals surface area contributed by atoms with Gasteiger partial charge < -0.3 is 5.53 Å². The molecule has 0 N–H and O–H groups in total. The zero-order valence-corrected chi connectivity index (χ0v) is 9.81. The first kappa shape index (κ1) is 10.7. The van der Waals surface area contributed by atoms with Gasteiger partial charge in [-0.25, -0.2) is 0 Å². The van der Waals surface area contributed by atoms with Gasteiger partial charge >= 0.3 is 5.71 Å². The summed E-state index contributed by atoms with van der Waals surface area (Å²) < 4.78 is 0.940. The molecule has 0 fully saturated rings. The first-order chi connectivity index (χ1) is 7.77. The van der Waals surface area contributed by atoms with E-state index in [9.17, 15) is 4.79 Å². The summed E-state index contributed by atoms with van der Waals surface area (Å²) in [6.07, 6.45) is 0.537. The fraction of sp³-hybridized carbons (Fsp3) is 0. The number of carbonyl (C=O) groups is 1. The highest BCUT2D eigenvalue weighted by atomic mass is 79.9. The monoisotopic (exact) mass is 274 g/mol. The Balaban J connectivity index is 2.87. The minimum Gasteiger partial charge on any atom is -0.361 e. The zero-order chi connectivity index (χ0) is 11.5. The van der Waals surface area contributed by atoms with Crippen molar-refractivity contribution in [3.63, 3.8) is 0 Å². The van der Waals surface area contributed by atoms with Crippen LogP contribution < -0.4 is 0 Å². The third-order valence-corrected chi connectivity index (χ3v) is 3.06. The van der Waals surface area contributed by atoms with Crippen LogP contribution in [0.4, 0.5) is 0 Å². The third kappa shape index (κ3) is 1.69. The summed E-state index contributed by atoms with van der Waals surface area (Å²) in [5.74, 6) is 0. The molecule has 0 radical (unpaired) electrons. The molecule has 0 unspecified atom stereocenters. The lowest BCUT2D eigenvalue weighted by Gasteiger charge is -2.02. The van der Waals surface area contributed by atoms with E-state index in [1.165, 1.54) is 0 Å². The van der Waals surface area contributed by atoms with E-state index in [2.05, 4.69) is 20.7 Å². The summed E-state index contributed by atoms with van der Waals surface area (Å²) in [5, 5.41) is 1.85. The van der Waals surface area contributed by atoms with Gasteiger partial charge in [-0.2, -0.15) is 4.79 Å². The number of benzene rings is 2. The lowest BCUT2D eigenvalue weighted by Crippen LogP contribution is -2.04. The predicted octanol–water partition coefficient (Wildman–Crippen LogP) is 2.82. The molecule has 0 amide bonds. The lowest BCUT2D eigenvalue weighted by molar-refractivity contribution is -0.106. The van der Waals surface area contributed by atoms with Gasteiger partial charge in [-0.15, -0.1) is 0 Å². The average molecular weight is 275 g/mol. The summed E-state index contributed by atoms with van der Waals surface area (Å²) >= 11 is 3.43. The highest BCUT2D eigenvalue weighted by molar-refractivity contribution is 9.10. The molecule has 78 valence electrons. The fourth-order valence-electron chi connectivity index (χ4n) is 1.63. The quantitative estimate of drug-likeness (QED) is 0.360. The second-order valence-electron chi connectivity index (χ2n) is 3.24. The third-order valence-electron chi connectivity index (χ3n) is 2.37. The molecule has 3 nitrogen and oxygen atoms in total. The summed E-state index contributed by atoms with van der Waals surface area (Å²) in [6, 6.07) is 11.2. The number of halogens is 1. The Morgan fingerprint density at radius 1 is 1.19 bits per heavy atom. The van der Waals surface area contributed by atoms with E-state index in [0.29, 0.717) is 11.8 Å². The summed E-state index contributed by atoms with van der Waals surface area (Å²) in [4.78, 5) is 13.8. The van der Waals surface area contributed by atoms with Crippen LogP contribution in [0.1, 0.15) is 5.56 Å². The molecule has 0 heterocycles. The van der Waals surface area contributed by atoms with Crippen molar-refractivity contribution in [1.82, 2.24) is 0 Å². The number of nitrogens with zero attached hydrogens (tertiary/aromatic N) is 2. The van der Waals surface area contributed by atoms with Gasteiger partial charge in [-0.3, -0.25) is 4.79 Å². The average Bonchev–Trinajstić information content (AvgIpc) is 2.34. The lowest BCUT2D eigenvalue weighted by atomic mass is 10.0. The number of aldehydes is 1. The van der Waals surface area contributed by atoms with Crippen LogP contribution in [-0.4, -0.2) is 16.8 Å². The van der Waals surface area contributed by atoms with E-state index in [-0.39, 0.29) is 5.71 Å². The Hall–Kier alpha value is -1.77. The summed E-state index contributed by atoms with van der Waals surface area (Å²) in [7, 11) is 0. The molecule has 4 heteroatoms. The first-order valence-electron chi connectivity index (χ1n) is 4.63. The maximum absolute atomic E-state index is 10.8. The van der Waals surface area contributed by atoms with E-state index >= 15 is 0 Å². The SMILES string of the molecule is [N-]=[N+]=C(C=O)c1ccc(Br)c2ccccc12. The van der Waals surface area contributed by atoms with Crippen molar-refractivity contribution >= 4 is 38.7 Å². The Morgan fingerprint density at radius 2 is 1.88 bits per heavy atom. The molecule has 2 rings (SSSR count). The Morgan fingerprint density at radius 3 is 2.50 bits per heavy atom. The van der Waals surface area contributed by atoms with Gasteiger partial charge in [0.05, 0.1) is 5.56 Å². The number of hydrogen-bond donors (Lipinski definition) is 0. The van der Waals surface area contributed by atoms with Crippen LogP contribution in [0, 0.1) is 0 Å². The van der Waals surface area contributed by atoms with Gasteiger partial charge in [0.15, 0.2) is 0 Å². The van der Waals surface area contributed by atoms with E-state index in [4.69, 9.17) is 5.53 Å². The highest BCUT2D eigenvalue weighted by Gasteiger charge is 2.14. The van der Waals surface area contributed by atoms with Gasteiger partial charge in [0.2, 0.25) is 6.29 Å². The van der Waals surface area contributed by atoms with Crippen LogP contribution in [0.3, 0.4) is 0 Å². The van der Waals surface area contributed by atoms with Gasteiger partial charge in [0.25, 0.3) is 0 Å². The molecule has 0 saturated carbocycles. The van der Waals surface area contributed by atoms with Crippen molar-refractivity contribution in [3.05, 3.63) is 52.0 Å². The van der Waals surface area contributed by atoms with Gasteiger partial charge in [0, 0.05) is 4.47 Å². The normalized spacial score (nSPS) is 9.81. The molecular formula is C12H7BrN2O. The Bertz CT molecular complexity index is 615. The van der Waals surface area contributed by atoms with Crippen molar-refractivity contribution in [2.24, 2.45) is 0 Å². The van der Waals surface area contributed by atoms with Crippen molar-refractivity contribution in [2.45, 2.75) is 0 Å². The van der Waals surface area contributed by atoms with Gasteiger partial charge in [-0.1, -0.05) is 40.2 Å². The van der Waals surface area contributed by atoms with Crippen LogP contribution in [0.5, 0.6) is 0 Å². The van der Waals surface area contributed by atoms with Crippen LogP contribution in [0.2, 0.25) is 0 Å². The van der Waals surface area contributed by atoms with E-state index in [0.717, 1.165) is 15.2 Å². The maximum atomic E-state index is 10.8. The molecule has 2 aromatic rings. The molecule has 0 bridgehead atoms. The van der Waals surface area contributed by atoms with E-state index in [1.54, 1.807) is 6.07 Å². The van der Waals surface area contributed by atoms with Crippen molar-refractivity contribution in [1.29, 1.82) is 0 Å². The van der Waals surface area contributed by atoms with Crippen LogP contribution in [0.15, 0.2) is 40.9 Å². The maximum Gasteiger partial charge on any atom is 0.362 e. The van der Waals surface area contributed by atoms with Gasteiger partial charge in [0.1, 0.15) is 0 Å². The fourth-order valence-corrected chi connectivity index (χ4v) is 2.10. The molecule has 0 atom stereocenters. The molecule has 0 aliphatic rings. The zero-order valence-electron chi connectivity index (χ0n) is 8.22. The second kappa shape index (κ2) is 4.39. The standard InChI is InChI=1S/C12H7BrN2O/c13-11-6-5-10(12(7-16)15-14)8-3-1-2-4-9(8)11/h1-7H. The smallest absolute Gasteiger partial charge is 0.361 e. The van der Waals surface area contributed by atoms with Crippen LogP contribution >= 0.6 is 15.9 Å². The van der Waals surface area contributed by atoms with Gasteiger partial charge in [-0.05, 0) is 22.9 Å².